The molecular formula is C11H12FN3OS. The molecule has 6 heteroatoms. The van der Waals surface area contributed by atoms with Gasteiger partial charge in [0.15, 0.2) is 5.82 Å². The van der Waals surface area contributed by atoms with Crippen molar-refractivity contribution in [1.82, 2.24) is 10.1 Å². The van der Waals surface area contributed by atoms with Crippen LogP contribution in [0.25, 0.3) is 0 Å². The molecule has 0 aliphatic heterocycles. The number of hydrogen-bond donors (Lipinski definition) is 1. The minimum atomic E-state index is -0.334. The predicted octanol–water partition coefficient (Wildman–Crippen LogP) is 2.65. The van der Waals surface area contributed by atoms with Crippen LogP contribution in [0, 0.1) is 5.82 Å². The lowest BCUT2D eigenvalue weighted by atomic mass is 10.3. The van der Waals surface area contributed by atoms with E-state index >= 15 is 0 Å². The summed E-state index contributed by atoms with van der Waals surface area (Å²) in [5.74, 6) is 1.46. The standard InChI is InChI=1S/C11H12FN3OS/c1-2-11-14-10(15-16-11)6-17-9-4-3-7(12)5-8(9)13/h3-5H,2,6,13H2,1H3. The summed E-state index contributed by atoms with van der Waals surface area (Å²) < 4.78 is 17.8. The normalized spacial score (nSPS) is 10.7. The van der Waals surface area contributed by atoms with Gasteiger partial charge in [0, 0.05) is 17.0 Å². The molecule has 4 nitrogen and oxygen atoms in total. The highest BCUT2D eigenvalue weighted by Crippen LogP contribution is 2.27. The lowest BCUT2D eigenvalue weighted by molar-refractivity contribution is 0.378. The number of halogens is 1. The Hall–Kier alpha value is -1.56. The van der Waals surface area contributed by atoms with Crippen LogP contribution in [0.2, 0.25) is 0 Å². The molecule has 17 heavy (non-hydrogen) atoms. The van der Waals surface area contributed by atoms with Crippen LogP contribution < -0.4 is 5.73 Å². The second-order valence-electron chi connectivity index (χ2n) is 3.43. The monoisotopic (exact) mass is 253 g/mol. The number of benzene rings is 1. The summed E-state index contributed by atoms with van der Waals surface area (Å²) in [5.41, 5.74) is 6.12. The molecule has 2 N–H and O–H groups in total. The van der Waals surface area contributed by atoms with Crippen molar-refractivity contribution in [2.24, 2.45) is 0 Å². The van der Waals surface area contributed by atoms with Crippen LogP contribution in [-0.4, -0.2) is 10.1 Å². The maximum absolute atomic E-state index is 12.8. The quantitative estimate of drug-likeness (QED) is 0.670. The van der Waals surface area contributed by atoms with Crippen molar-refractivity contribution in [2.75, 3.05) is 5.73 Å². The Labute approximate surface area is 102 Å². The molecule has 0 unspecified atom stereocenters. The molecule has 0 saturated heterocycles. The summed E-state index contributed by atoms with van der Waals surface area (Å²) >= 11 is 1.46. The van der Waals surface area contributed by atoms with Gasteiger partial charge in [-0.3, -0.25) is 0 Å². The van der Waals surface area contributed by atoms with E-state index in [1.165, 1.54) is 23.9 Å². The van der Waals surface area contributed by atoms with Gasteiger partial charge >= 0.3 is 0 Å². The Morgan fingerprint density at radius 3 is 2.94 bits per heavy atom. The molecule has 0 saturated carbocycles. The number of anilines is 1. The summed E-state index contributed by atoms with van der Waals surface area (Å²) in [6, 6.07) is 4.33. The highest BCUT2D eigenvalue weighted by molar-refractivity contribution is 7.98. The summed E-state index contributed by atoms with van der Waals surface area (Å²) in [6.45, 7) is 1.95. The fraction of sp³-hybridized carbons (Fsp3) is 0.273. The Balaban J connectivity index is 2.02. The van der Waals surface area contributed by atoms with Gasteiger partial charge in [-0.15, -0.1) is 11.8 Å². The molecule has 0 fully saturated rings. The summed E-state index contributed by atoms with van der Waals surface area (Å²) in [7, 11) is 0. The van der Waals surface area contributed by atoms with Gasteiger partial charge in [-0.25, -0.2) is 4.39 Å². The summed E-state index contributed by atoms with van der Waals surface area (Å²) in [5, 5.41) is 3.83. The number of hydrogen-bond acceptors (Lipinski definition) is 5. The molecule has 1 heterocycles. The molecule has 0 atom stereocenters. The van der Waals surface area contributed by atoms with Crippen molar-refractivity contribution in [1.29, 1.82) is 0 Å². The molecule has 1 aromatic heterocycles. The molecule has 0 bridgehead atoms. The first-order valence-electron chi connectivity index (χ1n) is 5.18. The molecule has 0 amide bonds. The van der Waals surface area contributed by atoms with E-state index in [9.17, 15) is 4.39 Å². The van der Waals surface area contributed by atoms with Crippen molar-refractivity contribution in [3.63, 3.8) is 0 Å². The van der Waals surface area contributed by atoms with Crippen molar-refractivity contribution in [2.45, 2.75) is 24.0 Å². The van der Waals surface area contributed by atoms with Crippen LogP contribution in [-0.2, 0) is 12.2 Å². The number of aryl methyl sites for hydroxylation is 1. The summed E-state index contributed by atoms with van der Waals surface area (Å²) in [6.07, 6.45) is 0.719. The predicted molar refractivity (Wildman–Crippen MR) is 64.0 cm³/mol. The minimum absolute atomic E-state index is 0.334. The van der Waals surface area contributed by atoms with Crippen LogP contribution in [0.5, 0.6) is 0 Å². The van der Waals surface area contributed by atoms with E-state index in [4.69, 9.17) is 10.3 Å². The Kier molecular flexibility index (Phi) is 3.63. The second kappa shape index (κ2) is 5.18. The first-order valence-corrected chi connectivity index (χ1v) is 6.17. The van der Waals surface area contributed by atoms with Gasteiger partial charge in [0.2, 0.25) is 5.89 Å². The fourth-order valence-corrected chi connectivity index (χ4v) is 2.08. The van der Waals surface area contributed by atoms with Crippen LogP contribution >= 0.6 is 11.8 Å². The molecule has 0 aliphatic rings. The number of aromatic nitrogens is 2. The van der Waals surface area contributed by atoms with E-state index in [2.05, 4.69) is 10.1 Å². The molecule has 0 radical (unpaired) electrons. The first-order chi connectivity index (χ1) is 8.19. The van der Waals surface area contributed by atoms with Crippen LogP contribution in [0.4, 0.5) is 10.1 Å². The zero-order valence-electron chi connectivity index (χ0n) is 9.31. The molecule has 90 valence electrons. The maximum Gasteiger partial charge on any atom is 0.226 e. The van der Waals surface area contributed by atoms with Crippen LogP contribution in [0.15, 0.2) is 27.6 Å². The number of thioether (sulfide) groups is 1. The smallest absolute Gasteiger partial charge is 0.226 e. The average Bonchev–Trinajstić information content (AvgIpc) is 2.76. The zero-order chi connectivity index (χ0) is 12.3. The Bertz CT molecular complexity index is 515. The number of rotatable bonds is 4. The van der Waals surface area contributed by atoms with Crippen molar-refractivity contribution in [3.8, 4) is 0 Å². The largest absolute Gasteiger partial charge is 0.398 e. The SMILES string of the molecule is CCc1nc(CSc2ccc(F)cc2N)no1. The highest BCUT2D eigenvalue weighted by atomic mass is 32.2. The Morgan fingerprint density at radius 2 is 2.29 bits per heavy atom. The summed E-state index contributed by atoms with van der Waals surface area (Å²) in [4.78, 5) is 4.99. The first kappa shape index (κ1) is 11.9. The lowest BCUT2D eigenvalue weighted by Gasteiger charge is -2.02. The van der Waals surface area contributed by atoms with Gasteiger partial charge < -0.3 is 10.3 Å². The fourth-order valence-electron chi connectivity index (χ4n) is 1.29. The van der Waals surface area contributed by atoms with Gasteiger partial charge in [0.1, 0.15) is 5.82 Å². The number of nitrogen functional groups attached to an aromatic ring is 1. The maximum atomic E-state index is 12.8. The third-order valence-electron chi connectivity index (χ3n) is 2.14. The number of nitrogens with zero attached hydrogens (tertiary/aromatic N) is 2. The van der Waals surface area contributed by atoms with Gasteiger partial charge in [0.25, 0.3) is 0 Å². The van der Waals surface area contributed by atoms with E-state index in [-0.39, 0.29) is 5.82 Å². The van der Waals surface area contributed by atoms with Gasteiger partial charge in [0.05, 0.1) is 5.75 Å². The van der Waals surface area contributed by atoms with E-state index < -0.39 is 0 Å². The molecule has 0 spiro atoms. The van der Waals surface area contributed by atoms with Crippen LogP contribution in [0.3, 0.4) is 0 Å². The van der Waals surface area contributed by atoms with Crippen molar-refractivity contribution in [3.05, 3.63) is 35.7 Å². The topological polar surface area (TPSA) is 64.9 Å². The van der Waals surface area contributed by atoms with Crippen molar-refractivity contribution >= 4 is 17.4 Å². The third kappa shape index (κ3) is 2.97. The second-order valence-corrected chi connectivity index (χ2v) is 4.45. The molecule has 2 aromatic rings. The van der Waals surface area contributed by atoms with E-state index in [1.54, 1.807) is 6.07 Å². The minimum Gasteiger partial charge on any atom is -0.398 e. The molecular weight excluding hydrogens is 241 g/mol. The highest BCUT2D eigenvalue weighted by Gasteiger charge is 2.07. The van der Waals surface area contributed by atoms with E-state index in [0.29, 0.717) is 23.2 Å². The average molecular weight is 253 g/mol. The van der Waals surface area contributed by atoms with Gasteiger partial charge in [-0.1, -0.05) is 12.1 Å². The molecule has 2 rings (SSSR count). The molecule has 1 aromatic carbocycles. The number of nitrogens with two attached hydrogens (primary N) is 1. The van der Waals surface area contributed by atoms with E-state index in [0.717, 1.165) is 11.3 Å². The Morgan fingerprint density at radius 1 is 1.47 bits per heavy atom. The van der Waals surface area contributed by atoms with E-state index in [1.807, 2.05) is 6.92 Å². The third-order valence-corrected chi connectivity index (χ3v) is 3.23. The van der Waals surface area contributed by atoms with Crippen LogP contribution in [0.1, 0.15) is 18.6 Å². The van der Waals surface area contributed by atoms with Gasteiger partial charge in [-0.05, 0) is 18.2 Å². The van der Waals surface area contributed by atoms with Crippen molar-refractivity contribution < 1.29 is 8.91 Å². The lowest BCUT2D eigenvalue weighted by Crippen LogP contribution is -1.91. The zero-order valence-corrected chi connectivity index (χ0v) is 10.1. The van der Waals surface area contributed by atoms with Gasteiger partial charge in [-0.2, -0.15) is 4.98 Å². The molecule has 0 aliphatic carbocycles.